The van der Waals surface area contributed by atoms with Crippen LogP contribution in [0.5, 0.6) is 5.75 Å². The van der Waals surface area contributed by atoms with Gasteiger partial charge in [-0.15, -0.1) is 0 Å². The molecule has 0 atom stereocenters. The van der Waals surface area contributed by atoms with Crippen LogP contribution in [0.15, 0.2) is 36.5 Å². The van der Waals surface area contributed by atoms with Gasteiger partial charge in [-0.2, -0.15) is 0 Å². The quantitative estimate of drug-likeness (QED) is 0.842. The molecule has 0 saturated carbocycles. The molecule has 0 unspecified atom stereocenters. The van der Waals surface area contributed by atoms with Crippen LogP contribution < -0.4 is 10.5 Å². The first kappa shape index (κ1) is 10.4. The third kappa shape index (κ3) is 1.95. The van der Waals surface area contributed by atoms with Gasteiger partial charge in [-0.1, -0.05) is 0 Å². The number of pyridine rings is 1. The average molecular weight is 218 g/mol. The van der Waals surface area contributed by atoms with E-state index in [-0.39, 0.29) is 5.69 Å². The normalized spacial score (nSPS) is 10.1. The molecule has 3 nitrogen and oxygen atoms in total. The van der Waals surface area contributed by atoms with Crippen LogP contribution in [0.2, 0.25) is 0 Å². The van der Waals surface area contributed by atoms with E-state index in [9.17, 15) is 4.39 Å². The number of halogens is 1. The Morgan fingerprint density at radius 2 is 1.94 bits per heavy atom. The van der Waals surface area contributed by atoms with Gasteiger partial charge in [0.1, 0.15) is 11.4 Å². The second-order valence-electron chi connectivity index (χ2n) is 3.33. The molecule has 0 aliphatic carbocycles. The monoisotopic (exact) mass is 218 g/mol. The molecule has 82 valence electrons. The molecule has 0 amide bonds. The maximum Gasteiger partial charge on any atom is 0.151 e. The number of aromatic nitrogens is 1. The molecule has 1 aromatic carbocycles. The van der Waals surface area contributed by atoms with E-state index in [4.69, 9.17) is 10.5 Å². The van der Waals surface area contributed by atoms with Crippen LogP contribution in [0.25, 0.3) is 11.3 Å². The van der Waals surface area contributed by atoms with E-state index in [1.54, 1.807) is 31.4 Å². The number of benzene rings is 1. The third-order valence-corrected chi connectivity index (χ3v) is 2.23. The Morgan fingerprint density at radius 1 is 1.25 bits per heavy atom. The van der Waals surface area contributed by atoms with E-state index < -0.39 is 5.82 Å². The topological polar surface area (TPSA) is 48.1 Å². The molecule has 0 bridgehead atoms. The lowest BCUT2D eigenvalue weighted by Gasteiger charge is -2.04. The van der Waals surface area contributed by atoms with Crippen molar-refractivity contribution < 1.29 is 9.13 Å². The molecule has 2 rings (SSSR count). The van der Waals surface area contributed by atoms with Crippen molar-refractivity contribution in [1.29, 1.82) is 0 Å². The summed E-state index contributed by atoms with van der Waals surface area (Å²) in [6, 6.07) is 8.27. The Labute approximate surface area is 92.7 Å². The van der Waals surface area contributed by atoms with Crippen LogP contribution in [0, 0.1) is 5.82 Å². The van der Waals surface area contributed by atoms with Gasteiger partial charge >= 0.3 is 0 Å². The fourth-order valence-corrected chi connectivity index (χ4v) is 1.41. The Kier molecular flexibility index (Phi) is 2.72. The summed E-state index contributed by atoms with van der Waals surface area (Å²) in [6.07, 6.45) is 1.43. The summed E-state index contributed by atoms with van der Waals surface area (Å²) in [5.41, 5.74) is 6.72. The molecular weight excluding hydrogens is 207 g/mol. The number of hydrogen-bond acceptors (Lipinski definition) is 3. The van der Waals surface area contributed by atoms with Crippen LogP contribution in [0.3, 0.4) is 0 Å². The minimum atomic E-state index is -0.426. The predicted octanol–water partition coefficient (Wildman–Crippen LogP) is 2.48. The highest BCUT2D eigenvalue weighted by molar-refractivity contribution is 5.62. The van der Waals surface area contributed by atoms with Crippen LogP contribution in [0.1, 0.15) is 0 Å². The van der Waals surface area contributed by atoms with Crippen molar-refractivity contribution in [1.82, 2.24) is 4.98 Å². The fraction of sp³-hybridized carbons (Fsp3) is 0.0833. The SMILES string of the molecule is COc1ccc(-c2ncc(N)cc2F)cc1. The number of methoxy groups -OCH3 is 1. The number of nitrogen functional groups attached to an aromatic ring is 1. The van der Waals surface area contributed by atoms with E-state index in [2.05, 4.69) is 4.98 Å². The Balaban J connectivity index is 2.42. The maximum absolute atomic E-state index is 13.5. The highest BCUT2D eigenvalue weighted by Gasteiger charge is 2.06. The molecule has 0 saturated heterocycles. The second kappa shape index (κ2) is 4.18. The van der Waals surface area contributed by atoms with Crippen molar-refractivity contribution >= 4 is 5.69 Å². The lowest BCUT2D eigenvalue weighted by molar-refractivity contribution is 0.415. The van der Waals surface area contributed by atoms with E-state index in [1.807, 2.05) is 0 Å². The van der Waals surface area contributed by atoms with Crippen molar-refractivity contribution in [2.45, 2.75) is 0 Å². The van der Waals surface area contributed by atoms with Crippen molar-refractivity contribution in [2.75, 3.05) is 12.8 Å². The Morgan fingerprint density at radius 3 is 2.50 bits per heavy atom. The van der Waals surface area contributed by atoms with E-state index in [0.29, 0.717) is 11.3 Å². The molecule has 16 heavy (non-hydrogen) atoms. The van der Waals surface area contributed by atoms with Gasteiger partial charge in [0.25, 0.3) is 0 Å². The van der Waals surface area contributed by atoms with Crippen molar-refractivity contribution in [3.8, 4) is 17.0 Å². The molecule has 0 radical (unpaired) electrons. The van der Waals surface area contributed by atoms with Crippen molar-refractivity contribution in [2.24, 2.45) is 0 Å². The third-order valence-electron chi connectivity index (χ3n) is 2.23. The minimum Gasteiger partial charge on any atom is -0.497 e. The van der Waals surface area contributed by atoms with Crippen LogP contribution in [-0.2, 0) is 0 Å². The van der Waals surface area contributed by atoms with Gasteiger partial charge in [-0.05, 0) is 24.3 Å². The van der Waals surface area contributed by atoms with Gasteiger partial charge in [0.05, 0.1) is 19.0 Å². The smallest absolute Gasteiger partial charge is 0.151 e. The molecule has 1 aromatic heterocycles. The first-order valence-corrected chi connectivity index (χ1v) is 4.76. The number of nitrogens with two attached hydrogens (primary N) is 1. The molecule has 0 aliphatic rings. The first-order valence-electron chi connectivity index (χ1n) is 4.76. The highest BCUT2D eigenvalue weighted by Crippen LogP contribution is 2.23. The van der Waals surface area contributed by atoms with Crippen molar-refractivity contribution in [3.63, 3.8) is 0 Å². The highest BCUT2D eigenvalue weighted by atomic mass is 19.1. The molecule has 0 spiro atoms. The number of nitrogens with zero attached hydrogens (tertiary/aromatic N) is 1. The summed E-state index contributed by atoms with van der Waals surface area (Å²) < 4.78 is 18.6. The Hall–Kier alpha value is -2.10. The van der Waals surface area contributed by atoms with E-state index in [1.165, 1.54) is 12.3 Å². The number of ether oxygens (including phenoxy) is 1. The maximum atomic E-state index is 13.5. The zero-order valence-electron chi connectivity index (χ0n) is 8.77. The standard InChI is InChI=1S/C12H11FN2O/c1-16-10-4-2-8(3-5-10)12-11(13)6-9(14)7-15-12/h2-7H,14H2,1H3. The molecule has 2 aromatic rings. The molecule has 1 heterocycles. The second-order valence-corrected chi connectivity index (χ2v) is 3.33. The molecule has 0 aliphatic heterocycles. The molecule has 0 fully saturated rings. The zero-order valence-corrected chi connectivity index (χ0v) is 8.77. The first-order chi connectivity index (χ1) is 7.70. The van der Waals surface area contributed by atoms with Gasteiger partial charge < -0.3 is 10.5 Å². The summed E-state index contributed by atoms with van der Waals surface area (Å²) >= 11 is 0. The fourth-order valence-electron chi connectivity index (χ4n) is 1.41. The number of rotatable bonds is 2. The summed E-state index contributed by atoms with van der Waals surface area (Å²) in [5, 5.41) is 0. The van der Waals surface area contributed by atoms with Crippen LogP contribution in [0.4, 0.5) is 10.1 Å². The van der Waals surface area contributed by atoms with Gasteiger partial charge in [-0.25, -0.2) is 4.39 Å². The predicted molar refractivity (Wildman–Crippen MR) is 60.6 cm³/mol. The van der Waals surface area contributed by atoms with Crippen molar-refractivity contribution in [3.05, 3.63) is 42.3 Å². The molecule has 2 N–H and O–H groups in total. The lowest BCUT2D eigenvalue weighted by Crippen LogP contribution is -1.93. The minimum absolute atomic E-state index is 0.289. The lowest BCUT2D eigenvalue weighted by atomic mass is 10.1. The zero-order chi connectivity index (χ0) is 11.5. The summed E-state index contributed by atoms with van der Waals surface area (Å²) in [4.78, 5) is 3.96. The van der Waals surface area contributed by atoms with Gasteiger partial charge in [0.15, 0.2) is 5.82 Å². The van der Waals surface area contributed by atoms with Gasteiger partial charge in [0.2, 0.25) is 0 Å². The summed E-state index contributed by atoms with van der Waals surface area (Å²) in [5.74, 6) is 0.296. The Bertz CT molecular complexity index is 497. The summed E-state index contributed by atoms with van der Waals surface area (Å²) in [7, 11) is 1.58. The van der Waals surface area contributed by atoms with Gasteiger partial charge in [0, 0.05) is 11.6 Å². The molecular formula is C12H11FN2O. The summed E-state index contributed by atoms with van der Waals surface area (Å²) in [6.45, 7) is 0. The van der Waals surface area contributed by atoms with Crippen LogP contribution >= 0.6 is 0 Å². The van der Waals surface area contributed by atoms with Gasteiger partial charge in [-0.3, -0.25) is 4.98 Å². The number of hydrogen-bond donors (Lipinski definition) is 1. The van der Waals surface area contributed by atoms with E-state index in [0.717, 1.165) is 5.75 Å². The average Bonchev–Trinajstić information content (AvgIpc) is 2.29. The van der Waals surface area contributed by atoms with E-state index >= 15 is 0 Å². The van der Waals surface area contributed by atoms with Crippen LogP contribution in [-0.4, -0.2) is 12.1 Å². The largest absolute Gasteiger partial charge is 0.497 e. The molecule has 4 heteroatoms. The number of anilines is 1.